The van der Waals surface area contributed by atoms with Gasteiger partial charge in [-0.15, -0.1) is 0 Å². The Kier molecular flexibility index (Phi) is 3.90. The predicted octanol–water partition coefficient (Wildman–Crippen LogP) is 3.48. The van der Waals surface area contributed by atoms with Crippen LogP contribution in [0.4, 0.5) is 0 Å². The second kappa shape index (κ2) is 5.45. The molecule has 19 heavy (non-hydrogen) atoms. The molecule has 0 radical (unpaired) electrons. The van der Waals surface area contributed by atoms with Gasteiger partial charge < -0.3 is 14.5 Å². The Morgan fingerprint density at radius 3 is 2.79 bits per heavy atom. The molecule has 0 bridgehead atoms. The predicted molar refractivity (Wildman–Crippen MR) is 74.5 cm³/mol. The summed E-state index contributed by atoms with van der Waals surface area (Å²) in [5, 5.41) is 3.01. The van der Waals surface area contributed by atoms with Gasteiger partial charge in [-0.05, 0) is 30.2 Å². The normalized spacial score (nSPS) is 11.6. The largest absolute Gasteiger partial charge is 0.417 e. The number of aromatic nitrogens is 1. The summed E-state index contributed by atoms with van der Waals surface area (Å²) in [6.45, 7) is 7.17. The van der Waals surface area contributed by atoms with E-state index in [4.69, 9.17) is 9.15 Å². The van der Waals surface area contributed by atoms with Crippen molar-refractivity contribution in [1.29, 1.82) is 0 Å². The zero-order chi connectivity index (χ0) is 13.9. The molecule has 1 N–H and O–H groups in total. The van der Waals surface area contributed by atoms with Crippen LogP contribution in [0.2, 0.25) is 0 Å². The molecule has 0 fully saturated rings. The van der Waals surface area contributed by atoms with Gasteiger partial charge in [0, 0.05) is 6.54 Å². The highest BCUT2D eigenvalue weighted by atomic mass is 16.6. The van der Waals surface area contributed by atoms with Crippen LogP contribution < -0.4 is 10.1 Å². The lowest BCUT2D eigenvalue weighted by atomic mass is 9.87. The zero-order valence-electron chi connectivity index (χ0n) is 11.9. The Bertz CT molecular complexity index is 541. The molecular weight excluding hydrogens is 240 g/mol. The Morgan fingerprint density at radius 2 is 2.11 bits per heavy atom. The number of hydrogen-bond acceptors (Lipinski definition) is 4. The van der Waals surface area contributed by atoms with Crippen molar-refractivity contribution >= 4 is 0 Å². The average molecular weight is 260 g/mol. The van der Waals surface area contributed by atoms with E-state index in [-0.39, 0.29) is 11.5 Å². The van der Waals surface area contributed by atoms with Gasteiger partial charge in [0.15, 0.2) is 0 Å². The van der Waals surface area contributed by atoms with E-state index in [1.807, 2.05) is 25.2 Å². The van der Waals surface area contributed by atoms with Crippen molar-refractivity contribution in [2.24, 2.45) is 0 Å². The van der Waals surface area contributed by atoms with Crippen molar-refractivity contribution in [3.8, 4) is 11.8 Å². The molecular formula is C15H20N2O2. The van der Waals surface area contributed by atoms with Crippen molar-refractivity contribution in [2.75, 3.05) is 7.05 Å². The lowest BCUT2D eigenvalue weighted by Crippen LogP contribution is -2.10. The van der Waals surface area contributed by atoms with Crippen LogP contribution in [0.3, 0.4) is 0 Å². The number of oxazole rings is 1. The van der Waals surface area contributed by atoms with Gasteiger partial charge >= 0.3 is 6.08 Å². The summed E-state index contributed by atoms with van der Waals surface area (Å²) in [5.41, 5.74) is 2.13. The highest BCUT2D eigenvalue weighted by Crippen LogP contribution is 2.28. The highest BCUT2D eigenvalue weighted by molar-refractivity contribution is 5.33. The summed E-state index contributed by atoms with van der Waals surface area (Å²) in [6.07, 6.45) is 1.87. The Balaban J connectivity index is 2.14. The second-order valence-electron chi connectivity index (χ2n) is 5.51. The number of hydrogen-bond donors (Lipinski definition) is 1. The fourth-order valence-corrected chi connectivity index (χ4v) is 1.72. The molecule has 1 aromatic carbocycles. The first-order valence-electron chi connectivity index (χ1n) is 6.36. The number of rotatable bonds is 4. The molecule has 1 heterocycles. The van der Waals surface area contributed by atoms with Gasteiger partial charge in [-0.3, -0.25) is 0 Å². The molecule has 0 atom stereocenters. The van der Waals surface area contributed by atoms with E-state index in [2.05, 4.69) is 37.1 Å². The molecule has 2 rings (SSSR count). The van der Waals surface area contributed by atoms with Gasteiger partial charge in [-0.2, -0.15) is 4.98 Å². The Labute approximate surface area is 113 Å². The van der Waals surface area contributed by atoms with Gasteiger partial charge in [0.1, 0.15) is 12.0 Å². The van der Waals surface area contributed by atoms with E-state index in [0.29, 0.717) is 6.54 Å². The van der Waals surface area contributed by atoms with Crippen molar-refractivity contribution in [1.82, 2.24) is 10.3 Å². The van der Waals surface area contributed by atoms with Crippen molar-refractivity contribution in [2.45, 2.75) is 32.7 Å². The van der Waals surface area contributed by atoms with Crippen LogP contribution in [-0.2, 0) is 12.0 Å². The van der Waals surface area contributed by atoms with Gasteiger partial charge in [0.05, 0.1) is 5.69 Å². The topological polar surface area (TPSA) is 47.3 Å². The molecule has 4 nitrogen and oxygen atoms in total. The second-order valence-corrected chi connectivity index (χ2v) is 5.51. The minimum atomic E-state index is 0.0905. The van der Waals surface area contributed by atoms with E-state index in [9.17, 15) is 0 Å². The van der Waals surface area contributed by atoms with Crippen molar-refractivity contribution in [3.63, 3.8) is 0 Å². The fraction of sp³-hybridized carbons (Fsp3) is 0.400. The van der Waals surface area contributed by atoms with Crippen molar-refractivity contribution in [3.05, 3.63) is 41.8 Å². The maximum atomic E-state index is 5.64. The van der Waals surface area contributed by atoms with Gasteiger partial charge in [0.2, 0.25) is 0 Å². The minimum Gasteiger partial charge on any atom is -0.417 e. The summed E-state index contributed by atoms with van der Waals surface area (Å²) in [4.78, 5) is 4.24. The van der Waals surface area contributed by atoms with Gasteiger partial charge in [-0.25, -0.2) is 0 Å². The summed E-state index contributed by atoms with van der Waals surface area (Å²) in [6, 6.07) is 7.99. The third-order valence-corrected chi connectivity index (χ3v) is 2.79. The number of ether oxygens (including phenoxy) is 1. The van der Waals surface area contributed by atoms with E-state index in [0.717, 1.165) is 11.4 Å². The van der Waals surface area contributed by atoms with Crippen LogP contribution in [-0.4, -0.2) is 12.0 Å². The highest BCUT2D eigenvalue weighted by Gasteiger charge is 2.14. The fourth-order valence-electron chi connectivity index (χ4n) is 1.72. The van der Waals surface area contributed by atoms with Crippen LogP contribution in [0, 0.1) is 0 Å². The molecule has 1 aromatic heterocycles. The van der Waals surface area contributed by atoms with E-state index < -0.39 is 0 Å². The average Bonchev–Trinajstić information content (AvgIpc) is 2.76. The zero-order valence-corrected chi connectivity index (χ0v) is 11.9. The van der Waals surface area contributed by atoms with Crippen LogP contribution in [0.25, 0.3) is 0 Å². The third kappa shape index (κ3) is 3.58. The van der Waals surface area contributed by atoms with Gasteiger partial charge in [-0.1, -0.05) is 32.9 Å². The van der Waals surface area contributed by atoms with Crippen LogP contribution >= 0.6 is 0 Å². The first kappa shape index (κ1) is 13.6. The minimum absolute atomic E-state index is 0.0905. The van der Waals surface area contributed by atoms with E-state index in [1.165, 1.54) is 5.56 Å². The summed E-state index contributed by atoms with van der Waals surface area (Å²) in [7, 11) is 1.86. The molecule has 2 aromatic rings. The molecule has 0 saturated carbocycles. The van der Waals surface area contributed by atoms with Crippen LogP contribution in [0.5, 0.6) is 11.8 Å². The summed E-state index contributed by atoms with van der Waals surface area (Å²) in [5.74, 6) is 0.741. The number of benzene rings is 1. The standard InChI is InChI=1S/C15H20N2O2/c1-15(2,3)11-6-5-7-13(8-11)19-14-17-12(9-16-4)10-18-14/h5-8,10,16H,9H2,1-4H3. The lowest BCUT2D eigenvalue weighted by Gasteiger charge is -2.19. The molecule has 0 aliphatic rings. The summed E-state index contributed by atoms with van der Waals surface area (Å²) >= 11 is 0. The smallest absolute Gasteiger partial charge is 0.399 e. The van der Waals surface area contributed by atoms with E-state index in [1.54, 1.807) is 6.26 Å². The number of nitrogens with one attached hydrogen (secondary N) is 1. The van der Waals surface area contributed by atoms with Crippen LogP contribution in [0.15, 0.2) is 34.9 Å². The molecule has 0 spiro atoms. The first-order valence-corrected chi connectivity index (χ1v) is 6.36. The van der Waals surface area contributed by atoms with Gasteiger partial charge in [0.25, 0.3) is 0 Å². The molecule has 0 saturated heterocycles. The van der Waals surface area contributed by atoms with Crippen molar-refractivity contribution < 1.29 is 9.15 Å². The Hall–Kier alpha value is -1.81. The monoisotopic (exact) mass is 260 g/mol. The lowest BCUT2D eigenvalue weighted by molar-refractivity contribution is 0.330. The molecule has 0 amide bonds. The maximum Gasteiger partial charge on any atom is 0.399 e. The number of nitrogens with zero attached hydrogens (tertiary/aromatic N) is 1. The molecule has 0 aliphatic carbocycles. The summed E-state index contributed by atoms with van der Waals surface area (Å²) < 4.78 is 10.9. The molecule has 4 heteroatoms. The molecule has 102 valence electrons. The maximum absolute atomic E-state index is 5.64. The SMILES string of the molecule is CNCc1coc(Oc2cccc(C(C)(C)C)c2)n1. The molecule has 0 aliphatic heterocycles. The van der Waals surface area contributed by atoms with Crippen LogP contribution in [0.1, 0.15) is 32.0 Å². The third-order valence-electron chi connectivity index (χ3n) is 2.79. The first-order chi connectivity index (χ1) is 8.99. The quantitative estimate of drug-likeness (QED) is 0.914. The Morgan fingerprint density at radius 1 is 1.32 bits per heavy atom. The molecule has 0 unspecified atom stereocenters. The van der Waals surface area contributed by atoms with E-state index >= 15 is 0 Å².